The Morgan fingerprint density at radius 1 is 0.906 bits per heavy atom. The molecule has 4 rings (SSSR count). The van der Waals surface area contributed by atoms with Gasteiger partial charge in [-0.3, -0.25) is 9.69 Å². The Morgan fingerprint density at radius 2 is 1.69 bits per heavy atom. The molecule has 0 spiro atoms. The molecule has 0 bridgehead atoms. The molecule has 172 valence electrons. The minimum Gasteiger partial charge on any atom is -0.385 e. The van der Waals surface area contributed by atoms with Crippen molar-refractivity contribution in [3.8, 4) is 0 Å². The zero-order valence-electron chi connectivity index (χ0n) is 18.9. The van der Waals surface area contributed by atoms with Gasteiger partial charge in [-0.05, 0) is 61.7 Å². The number of fused-ring (bicyclic) bond motifs is 1. The summed E-state index contributed by atoms with van der Waals surface area (Å²) in [6.07, 6.45) is 4.21. The Hall–Kier alpha value is -1.89. The molecule has 0 saturated carbocycles. The predicted molar refractivity (Wildman–Crippen MR) is 135 cm³/mol. The van der Waals surface area contributed by atoms with Gasteiger partial charge in [0.1, 0.15) is 0 Å². The van der Waals surface area contributed by atoms with Gasteiger partial charge in [0.15, 0.2) is 0 Å². The van der Waals surface area contributed by atoms with Crippen molar-refractivity contribution >= 4 is 27.5 Å². The largest absolute Gasteiger partial charge is 0.385 e. The lowest BCUT2D eigenvalue weighted by Gasteiger charge is -2.28. The van der Waals surface area contributed by atoms with Gasteiger partial charge in [-0.25, -0.2) is 0 Å². The van der Waals surface area contributed by atoms with Crippen molar-refractivity contribution < 1.29 is 4.79 Å². The fourth-order valence-electron chi connectivity index (χ4n) is 4.68. The standard InChI is InChI=1S/C26H35BrN4O/c27-24-9-10-25-23(19-24)21-31(26(32)11-16-29-13-4-5-14-29)18-17-30(15-6-12-28-25)20-22-7-2-1-3-8-22/h1-3,7-10,19,28H,4-6,11-18,20-21H2. The summed E-state index contributed by atoms with van der Waals surface area (Å²) in [5.41, 5.74) is 3.65. The number of nitrogens with one attached hydrogen (secondary N) is 1. The quantitative estimate of drug-likeness (QED) is 0.654. The third-order valence-corrected chi connectivity index (χ3v) is 7.02. The number of carbonyl (C=O) groups excluding carboxylic acids is 1. The van der Waals surface area contributed by atoms with Gasteiger partial charge in [-0.1, -0.05) is 46.3 Å². The summed E-state index contributed by atoms with van der Waals surface area (Å²) in [5, 5.41) is 3.61. The molecular weight excluding hydrogens is 464 g/mol. The highest BCUT2D eigenvalue weighted by atomic mass is 79.9. The van der Waals surface area contributed by atoms with Crippen molar-refractivity contribution in [1.82, 2.24) is 14.7 Å². The van der Waals surface area contributed by atoms with E-state index in [2.05, 4.69) is 84.5 Å². The van der Waals surface area contributed by atoms with Crippen LogP contribution in [0.2, 0.25) is 0 Å². The van der Waals surface area contributed by atoms with E-state index in [1.165, 1.54) is 24.0 Å². The van der Waals surface area contributed by atoms with E-state index in [-0.39, 0.29) is 5.91 Å². The van der Waals surface area contributed by atoms with Gasteiger partial charge in [-0.2, -0.15) is 0 Å². The molecule has 32 heavy (non-hydrogen) atoms. The minimum absolute atomic E-state index is 0.265. The van der Waals surface area contributed by atoms with E-state index in [1.807, 2.05) is 0 Å². The molecule has 1 N–H and O–H groups in total. The van der Waals surface area contributed by atoms with Crippen LogP contribution in [0.1, 0.15) is 36.8 Å². The number of nitrogens with zero attached hydrogens (tertiary/aromatic N) is 3. The highest BCUT2D eigenvalue weighted by Crippen LogP contribution is 2.24. The van der Waals surface area contributed by atoms with Crippen LogP contribution in [-0.4, -0.2) is 66.4 Å². The monoisotopic (exact) mass is 498 g/mol. The van der Waals surface area contributed by atoms with Crippen molar-refractivity contribution in [1.29, 1.82) is 0 Å². The van der Waals surface area contributed by atoms with E-state index in [9.17, 15) is 4.79 Å². The molecule has 2 aromatic carbocycles. The third kappa shape index (κ3) is 6.80. The van der Waals surface area contributed by atoms with Crippen LogP contribution in [0.25, 0.3) is 0 Å². The van der Waals surface area contributed by atoms with Crippen molar-refractivity contribution in [2.45, 2.75) is 38.8 Å². The number of amides is 1. The summed E-state index contributed by atoms with van der Waals surface area (Å²) >= 11 is 3.62. The molecule has 0 radical (unpaired) electrons. The maximum absolute atomic E-state index is 13.3. The fourth-order valence-corrected chi connectivity index (χ4v) is 5.09. The number of likely N-dealkylation sites (tertiary alicyclic amines) is 1. The summed E-state index contributed by atoms with van der Waals surface area (Å²) < 4.78 is 1.06. The predicted octanol–water partition coefficient (Wildman–Crippen LogP) is 4.58. The highest BCUT2D eigenvalue weighted by Gasteiger charge is 2.20. The summed E-state index contributed by atoms with van der Waals surface area (Å²) in [6.45, 7) is 8.34. The summed E-state index contributed by atoms with van der Waals surface area (Å²) in [4.78, 5) is 20.3. The summed E-state index contributed by atoms with van der Waals surface area (Å²) in [6, 6.07) is 17.0. The first-order chi connectivity index (χ1) is 15.7. The van der Waals surface area contributed by atoms with Gasteiger partial charge >= 0.3 is 0 Å². The SMILES string of the molecule is O=C(CCN1CCCC1)N1CCN(Cc2ccccc2)CCCNc2ccc(Br)cc2C1. The second-order valence-electron chi connectivity index (χ2n) is 8.96. The second kappa shape index (κ2) is 11.8. The van der Waals surface area contributed by atoms with Gasteiger partial charge in [-0.15, -0.1) is 0 Å². The van der Waals surface area contributed by atoms with E-state index in [0.717, 1.165) is 68.9 Å². The molecule has 0 unspecified atom stereocenters. The van der Waals surface area contributed by atoms with Crippen LogP contribution in [-0.2, 0) is 17.9 Å². The number of benzene rings is 2. The number of rotatable bonds is 5. The van der Waals surface area contributed by atoms with Crippen molar-refractivity contribution in [3.05, 3.63) is 64.1 Å². The Labute approximate surface area is 200 Å². The number of anilines is 1. The third-order valence-electron chi connectivity index (χ3n) is 6.52. The number of hydrogen-bond acceptors (Lipinski definition) is 4. The molecule has 0 atom stereocenters. The second-order valence-corrected chi connectivity index (χ2v) is 9.87. The van der Waals surface area contributed by atoms with E-state index in [0.29, 0.717) is 13.0 Å². The molecule has 6 heteroatoms. The van der Waals surface area contributed by atoms with Crippen LogP contribution >= 0.6 is 15.9 Å². The first-order valence-corrected chi connectivity index (χ1v) is 12.8. The average molecular weight is 499 g/mol. The first kappa shape index (κ1) is 23.3. The molecular formula is C26H35BrN4O. The molecule has 0 aromatic heterocycles. The van der Waals surface area contributed by atoms with Crippen LogP contribution in [0.15, 0.2) is 53.0 Å². The Bertz CT molecular complexity index is 869. The Balaban J connectivity index is 1.48. The summed E-state index contributed by atoms with van der Waals surface area (Å²) in [7, 11) is 0. The fraction of sp³-hybridized carbons (Fsp3) is 0.500. The Kier molecular flexibility index (Phi) is 8.60. The van der Waals surface area contributed by atoms with Crippen LogP contribution in [0.5, 0.6) is 0 Å². The number of halogens is 1. The maximum Gasteiger partial charge on any atom is 0.224 e. The maximum atomic E-state index is 13.3. The van der Waals surface area contributed by atoms with Gasteiger partial charge in [0.2, 0.25) is 5.91 Å². The van der Waals surface area contributed by atoms with Gasteiger partial charge in [0.25, 0.3) is 0 Å². The molecule has 2 aromatic rings. The molecule has 0 aliphatic carbocycles. The normalized spacial score (nSPS) is 18.6. The lowest BCUT2D eigenvalue weighted by molar-refractivity contribution is -0.132. The van der Waals surface area contributed by atoms with E-state index in [1.54, 1.807) is 0 Å². The first-order valence-electron chi connectivity index (χ1n) is 12.0. The highest BCUT2D eigenvalue weighted by molar-refractivity contribution is 9.10. The molecule has 1 amide bonds. The molecule has 5 nitrogen and oxygen atoms in total. The molecule has 2 heterocycles. The van der Waals surface area contributed by atoms with Crippen LogP contribution in [0, 0.1) is 0 Å². The zero-order valence-corrected chi connectivity index (χ0v) is 20.5. The minimum atomic E-state index is 0.265. The molecule has 2 aliphatic heterocycles. The van der Waals surface area contributed by atoms with E-state index >= 15 is 0 Å². The lowest BCUT2D eigenvalue weighted by Crippen LogP contribution is -2.39. The number of carbonyl (C=O) groups is 1. The van der Waals surface area contributed by atoms with E-state index < -0.39 is 0 Å². The topological polar surface area (TPSA) is 38.8 Å². The van der Waals surface area contributed by atoms with Gasteiger partial charge < -0.3 is 15.1 Å². The van der Waals surface area contributed by atoms with Gasteiger partial charge in [0.05, 0.1) is 0 Å². The summed E-state index contributed by atoms with van der Waals surface area (Å²) in [5.74, 6) is 0.265. The van der Waals surface area contributed by atoms with E-state index in [4.69, 9.17) is 0 Å². The van der Waals surface area contributed by atoms with Crippen LogP contribution in [0.4, 0.5) is 5.69 Å². The Morgan fingerprint density at radius 3 is 2.50 bits per heavy atom. The van der Waals surface area contributed by atoms with Crippen molar-refractivity contribution in [2.75, 3.05) is 51.1 Å². The zero-order chi connectivity index (χ0) is 22.2. The molecule has 1 fully saturated rings. The smallest absolute Gasteiger partial charge is 0.224 e. The lowest BCUT2D eigenvalue weighted by atomic mass is 10.1. The van der Waals surface area contributed by atoms with Crippen LogP contribution < -0.4 is 5.32 Å². The van der Waals surface area contributed by atoms with Gasteiger partial charge in [0, 0.05) is 62.4 Å². The molecule has 2 aliphatic rings. The van der Waals surface area contributed by atoms with Crippen molar-refractivity contribution in [2.24, 2.45) is 0 Å². The van der Waals surface area contributed by atoms with Crippen LogP contribution in [0.3, 0.4) is 0 Å². The van der Waals surface area contributed by atoms with Crippen molar-refractivity contribution in [3.63, 3.8) is 0 Å². The molecule has 1 saturated heterocycles. The average Bonchev–Trinajstić information content (AvgIpc) is 3.31. The number of hydrogen-bond donors (Lipinski definition) is 1.